The van der Waals surface area contributed by atoms with Gasteiger partial charge in [-0.2, -0.15) is 0 Å². The summed E-state index contributed by atoms with van der Waals surface area (Å²) < 4.78 is 2.05. The molecular formula is C19H23N5S. The van der Waals surface area contributed by atoms with E-state index in [-0.39, 0.29) is 0 Å². The first-order valence-electron chi connectivity index (χ1n) is 9.30. The van der Waals surface area contributed by atoms with Crippen LogP contribution < -0.4 is 0 Å². The Morgan fingerprint density at radius 3 is 2.88 bits per heavy atom. The van der Waals surface area contributed by atoms with Gasteiger partial charge in [0.25, 0.3) is 0 Å². The van der Waals surface area contributed by atoms with E-state index < -0.39 is 0 Å². The molecule has 0 atom stereocenters. The lowest BCUT2D eigenvalue weighted by Crippen LogP contribution is -2.33. The van der Waals surface area contributed by atoms with E-state index in [1.807, 2.05) is 30.1 Å². The van der Waals surface area contributed by atoms with Gasteiger partial charge in [-0.3, -0.25) is 9.47 Å². The van der Waals surface area contributed by atoms with Gasteiger partial charge in [0.15, 0.2) is 5.82 Å². The predicted molar refractivity (Wildman–Crippen MR) is 100 cm³/mol. The summed E-state index contributed by atoms with van der Waals surface area (Å²) in [6.07, 6.45) is 11.8. The zero-order chi connectivity index (χ0) is 16.8. The van der Waals surface area contributed by atoms with Gasteiger partial charge in [-0.15, -0.1) is 11.3 Å². The van der Waals surface area contributed by atoms with E-state index >= 15 is 0 Å². The molecule has 6 heteroatoms. The summed E-state index contributed by atoms with van der Waals surface area (Å²) in [6.45, 7) is 5.52. The predicted octanol–water partition coefficient (Wildman–Crippen LogP) is 3.60. The van der Waals surface area contributed by atoms with Crippen molar-refractivity contribution in [2.24, 2.45) is 5.92 Å². The smallest absolute Gasteiger partial charge is 0.150 e. The van der Waals surface area contributed by atoms with E-state index in [2.05, 4.69) is 21.4 Å². The average molecular weight is 353 g/mol. The monoisotopic (exact) mass is 353 g/mol. The Morgan fingerprint density at radius 2 is 2.08 bits per heavy atom. The number of imidazole rings is 1. The molecular weight excluding hydrogens is 330 g/mol. The second-order valence-electron chi connectivity index (χ2n) is 7.43. The van der Waals surface area contributed by atoms with Gasteiger partial charge >= 0.3 is 0 Å². The van der Waals surface area contributed by atoms with Crippen LogP contribution in [0.15, 0.2) is 18.7 Å². The fourth-order valence-corrected chi connectivity index (χ4v) is 5.36. The molecule has 3 aromatic heterocycles. The van der Waals surface area contributed by atoms with Crippen LogP contribution in [0.3, 0.4) is 0 Å². The van der Waals surface area contributed by atoms with Gasteiger partial charge in [0.1, 0.15) is 17.0 Å². The van der Waals surface area contributed by atoms with Crippen molar-refractivity contribution in [3.8, 4) is 5.82 Å². The fraction of sp³-hybridized carbons (Fsp3) is 0.526. The molecule has 3 aromatic rings. The van der Waals surface area contributed by atoms with Crippen molar-refractivity contribution in [3.63, 3.8) is 0 Å². The van der Waals surface area contributed by atoms with Crippen LogP contribution in [0.2, 0.25) is 0 Å². The van der Waals surface area contributed by atoms with Crippen LogP contribution in [0, 0.1) is 5.92 Å². The summed E-state index contributed by atoms with van der Waals surface area (Å²) in [7, 11) is 0. The summed E-state index contributed by atoms with van der Waals surface area (Å²) in [5.41, 5.74) is 1.47. The normalized spacial score (nSPS) is 18.9. The quantitative estimate of drug-likeness (QED) is 0.722. The summed E-state index contributed by atoms with van der Waals surface area (Å²) in [6, 6.07) is 0. The highest BCUT2D eigenvalue weighted by molar-refractivity contribution is 7.19. The van der Waals surface area contributed by atoms with Crippen molar-refractivity contribution in [2.75, 3.05) is 13.1 Å². The highest BCUT2D eigenvalue weighted by Gasteiger charge is 2.24. The molecule has 130 valence electrons. The maximum Gasteiger partial charge on any atom is 0.150 e. The molecule has 5 rings (SSSR count). The maximum absolute atomic E-state index is 4.98. The van der Waals surface area contributed by atoms with Crippen molar-refractivity contribution in [1.82, 2.24) is 24.4 Å². The lowest BCUT2D eigenvalue weighted by atomic mass is 9.99. The SMILES string of the molecule is CC1CCN(Cc2nc(-n3ccnc3)c3c4c(sc3n2)CCC4)CC1. The second-order valence-corrected chi connectivity index (χ2v) is 8.51. The van der Waals surface area contributed by atoms with Gasteiger partial charge in [0.05, 0.1) is 11.9 Å². The van der Waals surface area contributed by atoms with Gasteiger partial charge < -0.3 is 0 Å². The molecule has 1 fully saturated rings. The third-order valence-corrected chi connectivity index (χ3v) is 6.77. The summed E-state index contributed by atoms with van der Waals surface area (Å²) in [4.78, 5) is 19.3. The molecule has 0 radical (unpaired) electrons. The number of rotatable bonds is 3. The zero-order valence-electron chi connectivity index (χ0n) is 14.6. The van der Waals surface area contributed by atoms with E-state index in [9.17, 15) is 0 Å². The van der Waals surface area contributed by atoms with Gasteiger partial charge in [0, 0.05) is 17.3 Å². The molecule has 2 aliphatic rings. The Bertz CT molecular complexity index is 890. The van der Waals surface area contributed by atoms with E-state index in [0.29, 0.717) is 0 Å². The van der Waals surface area contributed by atoms with Crippen molar-refractivity contribution in [1.29, 1.82) is 0 Å². The van der Waals surface area contributed by atoms with E-state index in [0.717, 1.165) is 48.4 Å². The van der Waals surface area contributed by atoms with Crippen LogP contribution in [0.5, 0.6) is 0 Å². The van der Waals surface area contributed by atoms with E-state index in [1.165, 1.54) is 41.5 Å². The third-order valence-electron chi connectivity index (χ3n) is 5.58. The number of aromatic nitrogens is 4. The molecule has 0 bridgehead atoms. The first-order chi connectivity index (χ1) is 12.3. The van der Waals surface area contributed by atoms with Crippen LogP contribution in [-0.2, 0) is 19.4 Å². The van der Waals surface area contributed by atoms with Crippen LogP contribution in [0.4, 0.5) is 0 Å². The van der Waals surface area contributed by atoms with Crippen molar-refractivity contribution in [3.05, 3.63) is 35.0 Å². The van der Waals surface area contributed by atoms with Gasteiger partial charge in [-0.25, -0.2) is 15.0 Å². The number of nitrogens with zero attached hydrogens (tertiary/aromatic N) is 5. The average Bonchev–Trinajstić information content (AvgIpc) is 3.32. The van der Waals surface area contributed by atoms with Gasteiger partial charge in [-0.1, -0.05) is 6.92 Å². The number of likely N-dealkylation sites (tertiary alicyclic amines) is 1. The summed E-state index contributed by atoms with van der Waals surface area (Å²) in [5, 5.41) is 1.26. The van der Waals surface area contributed by atoms with Gasteiger partial charge in [0.2, 0.25) is 0 Å². The fourth-order valence-electron chi connectivity index (χ4n) is 4.08. The topological polar surface area (TPSA) is 46.8 Å². The first kappa shape index (κ1) is 15.5. The Morgan fingerprint density at radius 1 is 1.20 bits per heavy atom. The minimum absolute atomic E-state index is 0.849. The Kier molecular flexibility index (Phi) is 3.82. The van der Waals surface area contributed by atoms with Crippen LogP contribution in [-0.4, -0.2) is 37.5 Å². The molecule has 0 N–H and O–H groups in total. The molecule has 0 spiro atoms. The molecule has 5 nitrogen and oxygen atoms in total. The standard InChI is InChI=1S/C19H23N5S/c1-13-5-8-23(9-6-13)11-16-21-18(24-10-7-20-12-24)17-14-3-2-4-15(14)25-19(17)22-16/h7,10,12-13H,2-6,8-9,11H2,1H3. The minimum atomic E-state index is 0.849. The van der Waals surface area contributed by atoms with Crippen molar-refractivity contribution in [2.45, 2.75) is 45.6 Å². The Balaban J connectivity index is 1.57. The lowest BCUT2D eigenvalue weighted by molar-refractivity contribution is 0.181. The molecule has 1 aliphatic heterocycles. The molecule has 1 aliphatic carbocycles. The largest absolute Gasteiger partial charge is 0.296 e. The minimum Gasteiger partial charge on any atom is -0.296 e. The second kappa shape index (κ2) is 6.18. The number of fused-ring (bicyclic) bond motifs is 3. The molecule has 0 unspecified atom stereocenters. The van der Waals surface area contributed by atoms with Crippen LogP contribution in [0.25, 0.3) is 16.0 Å². The van der Waals surface area contributed by atoms with E-state index in [4.69, 9.17) is 9.97 Å². The summed E-state index contributed by atoms with van der Waals surface area (Å²) >= 11 is 1.87. The number of hydrogen-bond donors (Lipinski definition) is 0. The Hall–Kier alpha value is -1.79. The first-order valence-corrected chi connectivity index (χ1v) is 10.1. The zero-order valence-corrected chi connectivity index (χ0v) is 15.4. The number of thiophene rings is 1. The van der Waals surface area contributed by atoms with Crippen LogP contribution in [0.1, 0.15) is 42.5 Å². The maximum atomic E-state index is 4.98. The third kappa shape index (κ3) is 2.77. The highest BCUT2D eigenvalue weighted by Crippen LogP contribution is 2.39. The van der Waals surface area contributed by atoms with Crippen molar-refractivity contribution >= 4 is 21.6 Å². The number of hydrogen-bond acceptors (Lipinski definition) is 5. The van der Waals surface area contributed by atoms with Crippen LogP contribution >= 0.6 is 11.3 Å². The number of aryl methyl sites for hydroxylation is 2. The highest BCUT2D eigenvalue weighted by atomic mass is 32.1. The molecule has 0 amide bonds. The van der Waals surface area contributed by atoms with E-state index in [1.54, 1.807) is 0 Å². The Labute approximate surface area is 151 Å². The molecule has 4 heterocycles. The number of piperidine rings is 1. The molecule has 0 saturated carbocycles. The molecule has 25 heavy (non-hydrogen) atoms. The van der Waals surface area contributed by atoms with Gasteiger partial charge in [-0.05, 0) is 56.7 Å². The molecule has 1 saturated heterocycles. The van der Waals surface area contributed by atoms with Crippen molar-refractivity contribution < 1.29 is 0 Å². The lowest BCUT2D eigenvalue weighted by Gasteiger charge is -2.29. The summed E-state index contributed by atoms with van der Waals surface area (Å²) in [5.74, 6) is 2.81. The molecule has 0 aromatic carbocycles.